The average Bonchev–Trinajstić information content (AvgIpc) is 2.78. The summed E-state index contributed by atoms with van der Waals surface area (Å²) in [4.78, 5) is 33.5. The number of anilines is 2. The average molecular weight is 393 g/mol. The summed E-state index contributed by atoms with van der Waals surface area (Å²) in [7, 11) is 1.79. The van der Waals surface area contributed by atoms with Gasteiger partial charge in [-0.3, -0.25) is 9.59 Å². The van der Waals surface area contributed by atoms with Gasteiger partial charge < -0.3 is 31.9 Å². The molecule has 10 nitrogen and oxygen atoms in total. The summed E-state index contributed by atoms with van der Waals surface area (Å²) >= 11 is 6.39. The lowest BCUT2D eigenvalue weighted by Crippen LogP contribution is -2.60. The molecule has 144 valence electrons. The normalized spacial score (nSPS) is 21.6. The molecule has 2 fully saturated rings. The third kappa shape index (κ3) is 4.02. The number of nitrogens with two attached hydrogens (primary N) is 1. The van der Waals surface area contributed by atoms with Crippen molar-refractivity contribution in [2.45, 2.75) is 5.66 Å². The summed E-state index contributed by atoms with van der Waals surface area (Å²) in [5, 5.41) is 12.5. The van der Waals surface area contributed by atoms with Gasteiger partial charge in [-0.1, -0.05) is 11.6 Å². The van der Waals surface area contributed by atoms with Crippen molar-refractivity contribution in [1.29, 1.82) is 0 Å². The fraction of sp³-hybridized carbons (Fsp3) is 0.375. The first kappa shape index (κ1) is 19.1. The molecule has 1 spiro atoms. The van der Waals surface area contributed by atoms with Crippen molar-refractivity contribution in [2.24, 2.45) is 0 Å². The lowest BCUT2D eigenvalue weighted by molar-refractivity contribution is -0.117. The van der Waals surface area contributed by atoms with Crippen LogP contribution in [0.5, 0.6) is 0 Å². The van der Waals surface area contributed by atoms with Gasteiger partial charge in [0.2, 0.25) is 0 Å². The zero-order valence-corrected chi connectivity index (χ0v) is 15.5. The maximum Gasteiger partial charge on any atom is 0.271 e. The molecule has 2 aliphatic rings. The van der Waals surface area contributed by atoms with Crippen molar-refractivity contribution in [3.63, 3.8) is 0 Å². The summed E-state index contributed by atoms with van der Waals surface area (Å²) in [6, 6.07) is 1.48. The van der Waals surface area contributed by atoms with E-state index in [1.54, 1.807) is 11.9 Å². The molecule has 11 heteroatoms. The molecule has 6 N–H and O–H groups in total. The van der Waals surface area contributed by atoms with E-state index in [-0.39, 0.29) is 28.2 Å². The van der Waals surface area contributed by atoms with E-state index in [0.717, 1.165) is 13.1 Å². The van der Waals surface area contributed by atoms with Gasteiger partial charge in [0.25, 0.3) is 5.91 Å². The smallest absolute Gasteiger partial charge is 0.271 e. The van der Waals surface area contributed by atoms with Crippen LogP contribution in [0.15, 0.2) is 34.9 Å². The van der Waals surface area contributed by atoms with Crippen LogP contribution in [-0.2, 0) is 9.59 Å². The second-order valence-corrected chi connectivity index (χ2v) is 6.67. The van der Waals surface area contributed by atoms with E-state index in [9.17, 15) is 9.59 Å². The summed E-state index contributed by atoms with van der Waals surface area (Å²) in [6.07, 6.45) is 3.24. The molecule has 0 aromatic carbocycles. The molecular weight excluding hydrogens is 372 g/mol. The Morgan fingerprint density at radius 3 is 2.70 bits per heavy atom. The summed E-state index contributed by atoms with van der Waals surface area (Å²) < 4.78 is 0. The van der Waals surface area contributed by atoms with Crippen molar-refractivity contribution in [1.82, 2.24) is 30.8 Å². The molecular formula is C16H21ClN8O2. The van der Waals surface area contributed by atoms with E-state index < -0.39 is 5.66 Å². The first-order chi connectivity index (χ1) is 12.9. The van der Waals surface area contributed by atoms with Gasteiger partial charge in [-0.05, 0) is 6.08 Å². The number of allylic oxidation sites excluding steroid dienone is 3. The number of halogens is 1. The molecule has 2 aliphatic heterocycles. The third-order valence-corrected chi connectivity index (χ3v) is 4.74. The molecule has 3 heterocycles. The highest BCUT2D eigenvalue weighted by Crippen LogP contribution is 2.28. The molecule has 3 rings (SSSR count). The maximum atomic E-state index is 12.6. The van der Waals surface area contributed by atoms with Gasteiger partial charge in [0.05, 0.1) is 10.7 Å². The number of aldehydes is 1. The molecule has 1 aromatic heterocycles. The Morgan fingerprint density at radius 2 is 2.07 bits per heavy atom. The number of carbonyl (C=O) groups is 2. The van der Waals surface area contributed by atoms with Crippen LogP contribution in [0, 0.1) is 0 Å². The van der Waals surface area contributed by atoms with Crippen LogP contribution in [0.1, 0.15) is 0 Å². The van der Waals surface area contributed by atoms with Crippen molar-refractivity contribution in [3.05, 3.63) is 34.9 Å². The summed E-state index contributed by atoms with van der Waals surface area (Å²) in [5.74, 6) is 0.293. The second kappa shape index (κ2) is 7.91. The number of nitrogen functional groups attached to an aromatic ring is 1. The summed E-state index contributed by atoms with van der Waals surface area (Å²) in [6.45, 7) is 2.75. The van der Waals surface area contributed by atoms with Crippen molar-refractivity contribution >= 4 is 35.4 Å². The Morgan fingerprint density at radius 1 is 1.37 bits per heavy atom. The highest BCUT2D eigenvalue weighted by atomic mass is 35.5. The van der Waals surface area contributed by atoms with Gasteiger partial charge in [0.15, 0.2) is 6.29 Å². The number of hydrogen-bond donors (Lipinski definition) is 5. The zero-order chi connectivity index (χ0) is 19.4. The highest BCUT2D eigenvalue weighted by molar-refractivity contribution is 6.33. The lowest BCUT2D eigenvalue weighted by Gasteiger charge is -2.35. The van der Waals surface area contributed by atoms with Gasteiger partial charge in [-0.15, -0.1) is 0 Å². The predicted molar refractivity (Wildman–Crippen MR) is 101 cm³/mol. The minimum absolute atomic E-state index is 0.130. The standard InChI is InChI=1S/C16H21ClN8O2/c1-25-14(15(27)24-16(25)7-19-2-3-20-8-16)11(17)4-10(6-26)23-13-5-12(18)21-9-22-13/h4-6,9,19-20H,2-3,7-8H2,1H3,(H,24,27)(H3,18,21,22,23)/b10-4+,14-11+. The fourth-order valence-electron chi connectivity index (χ4n) is 3.04. The van der Waals surface area contributed by atoms with E-state index in [2.05, 4.69) is 31.2 Å². The molecule has 1 aromatic rings. The molecule has 1 amide bonds. The van der Waals surface area contributed by atoms with E-state index in [4.69, 9.17) is 17.3 Å². The lowest BCUT2D eigenvalue weighted by atomic mass is 10.1. The van der Waals surface area contributed by atoms with Crippen molar-refractivity contribution in [3.8, 4) is 0 Å². The number of rotatable bonds is 4. The SMILES string of the molecule is CN1/C(=C(Cl)\C=C(/C=O)Nc2cc(N)ncn2)C(=O)NC12CNCCNC2. The van der Waals surface area contributed by atoms with Gasteiger partial charge in [0.1, 0.15) is 29.3 Å². The van der Waals surface area contributed by atoms with Crippen LogP contribution in [0.4, 0.5) is 11.6 Å². The quantitative estimate of drug-likeness (QED) is 0.321. The molecule has 0 saturated carbocycles. The zero-order valence-electron chi connectivity index (χ0n) is 14.8. The van der Waals surface area contributed by atoms with Crippen LogP contribution in [0.3, 0.4) is 0 Å². The van der Waals surface area contributed by atoms with Crippen molar-refractivity contribution in [2.75, 3.05) is 44.3 Å². The van der Waals surface area contributed by atoms with Crippen LogP contribution in [0.2, 0.25) is 0 Å². The van der Waals surface area contributed by atoms with Crippen LogP contribution >= 0.6 is 11.6 Å². The molecule has 0 radical (unpaired) electrons. The predicted octanol–water partition coefficient (Wildman–Crippen LogP) is -1.05. The van der Waals surface area contributed by atoms with E-state index in [1.807, 2.05) is 0 Å². The molecule has 0 aliphatic carbocycles. The number of likely N-dealkylation sites (N-methyl/N-ethyl adjacent to an activating group) is 1. The Hall–Kier alpha value is -2.69. The number of carbonyl (C=O) groups excluding carboxylic acids is 2. The fourth-order valence-corrected chi connectivity index (χ4v) is 3.37. The van der Waals surface area contributed by atoms with Gasteiger partial charge in [0, 0.05) is 39.3 Å². The van der Waals surface area contributed by atoms with Gasteiger partial charge >= 0.3 is 0 Å². The Labute approximate surface area is 161 Å². The van der Waals surface area contributed by atoms with Crippen LogP contribution in [-0.4, -0.2) is 66.0 Å². The Kier molecular flexibility index (Phi) is 5.59. The Bertz CT molecular complexity index is 801. The first-order valence-corrected chi connectivity index (χ1v) is 8.72. The number of nitrogens with one attached hydrogen (secondary N) is 4. The van der Waals surface area contributed by atoms with Gasteiger partial charge in [-0.25, -0.2) is 9.97 Å². The van der Waals surface area contributed by atoms with E-state index >= 15 is 0 Å². The maximum absolute atomic E-state index is 12.6. The second-order valence-electron chi connectivity index (χ2n) is 6.27. The largest absolute Gasteiger partial charge is 0.384 e. The molecule has 0 bridgehead atoms. The van der Waals surface area contributed by atoms with Gasteiger partial charge in [-0.2, -0.15) is 0 Å². The number of amides is 1. The van der Waals surface area contributed by atoms with E-state index in [1.165, 1.54) is 18.5 Å². The van der Waals surface area contributed by atoms with E-state index in [0.29, 0.717) is 25.2 Å². The monoisotopic (exact) mass is 392 g/mol. The molecule has 0 unspecified atom stereocenters. The Balaban J connectivity index is 1.87. The number of hydrogen-bond acceptors (Lipinski definition) is 9. The minimum atomic E-state index is -0.618. The van der Waals surface area contributed by atoms with Crippen LogP contribution in [0.25, 0.3) is 0 Å². The van der Waals surface area contributed by atoms with Crippen LogP contribution < -0.4 is 27.0 Å². The minimum Gasteiger partial charge on any atom is -0.384 e. The number of nitrogens with zero attached hydrogens (tertiary/aromatic N) is 3. The molecule has 27 heavy (non-hydrogen) atoms. The number of aromatic nitrogens is 2. The highest BCUT2D eigenvalue weighted by Gasteiger charge is 2.46. The summed E-state index contributed by atoms with van der Waals surface area (Å²) in [5.41, 5.74) is 5.39. The van der Waals surface area contributed by atoms with Crippen molar-refractivity contribution < 1.29 is 9.59 Å². The molecule has 2 saturated heterocycles. The third-order valence-electron chi connectivity index (χ3n) is 4.45. The first-order valence-electron chi connectivity index (χ1n) is 8.34. The topological polar surface area (TPSA) is 137 Å². The molecule has 0 atom stereocenters.